The number of anilines is 2. The summed E-state index contributed by atoms with van der Waals surface area (Å²) >= 11 is 0. The highest BCUT2D eigenvalue weighted by atomic mass is 16.6. The van der Waals surface area contributed by atoms with Crippen molar-refractivity contribution in [2.24, 2.45) is 0 Å². The third-order valence-electron chi connectivity index (χ3n) is 3.38. The maximum absolute atomic E-state index is 10.7. The SMILES string of the molecule is Nc1nc(NCc2ccccc2Oc2ccccc2)ncc1[N+](=O)[O-]. The van der Waals surface area contributed by atoms with Gasteiger partial charge in [0.2, 0.25) is 11.8 Å². The van der Waals surface area contributed by atoms with E-state index in [0.717, 1.165) is 17.5 Å². The highest BCUT2D eigenvalue weighted by molar-refractivity contribution is 5.53. The van der Waals surface area contributed by atoms with Crippen LogP contribution in [0.2, 0.25) is 0 Å². The maximum atomic E-state index is 10.7. The van der Waals surface area contributed by atoms with Crippen LogP contribution >= 0.6 is 0 Å². The number of nitro groups is 1. The van der Waals surface area contributed by atoms with E-state index in [0.29, 0.717) is 12.3 Å². The van der Waals surface area contributed by atoms with E-state index in [1.54, 1.807) is 0 Å². The van der Waals surface area contributed by atoms with Crippen molar-refractivity contribution in [2.75, 3.05) is 11.1 Å². The number of hydrogen-bond acceptors (Lipinski definition) is 7. The van der Waals surface area contributed by atoms with Gasteiger partial charge in [-0.3, -0.25) is 10.1 Å². The van der Waals surface area contributed by atoms with Crippen LogP contribution in [0.1, 0.15) is 5.56 Å². The number of nitrogens with one attached hydrogen (secondary N) is 1. The lowest BCUT2D eigenvalue weighted by Gasteiger charge is -2.12. The first-order valence-corrected chi connectivity index (χ1v) is 7.45. The van der Waals surface area contributed by atoms with Crippen LogP contribution < -0.4 is 15.8 Å². The molecule has 0 aliphatic rings. The minimum atomic E-state index is -0.623. The summed E-state index contributed by atoms with van der Waals surface area (Å²) in [5.74, 6) is 1.44. The number of para-hydroxylation sites is 2. The van der Waals surface area contributed by atoms with Crippen molar-refractivity contribution in [2.45, 2.75) is 6.54 Å². The van der Waals surface area contributed by atoms with E-state index in [4.69, 9.17) is 10.5 Å². The monoisotopic (exact) mass is 337 g/mol. The second-order valence-corrected chi connectivity index (χ2v) is 5.10. The Morgan fingerprint density at radius 2 is 1.84 bits per heavy atom. The zero-order valence-corrected chi connectivity index (χ0v) is 13.1. The molecule has 3 aromatic rings. The number of nitrogen functional groups attached to an aromatic ring is 1. The molecule has 25 heavy (non-hydrogen) atoms. The molecule has 0 aliphatic carbocycles. The van der Waals surface area contributed by atoms with E-state index < -0.39 is 4.92 Å². The van der Waals surface area contributed by atoms with Gasteiger partial charge in [-0.1, -0.05) is 36.4 Å². The minimum absolute atomic E-state index is 0.184. The highest BCUT2D eigenvalue weighted by Crippen LogP contribution is 2.26. The van der Waals surface area contributed by atoms with Crippen LogP contribution in [0, 0.1) is 10.1 Å². The molecule has 0 aliphatic heterocycles. The van der Waals surface area contributed by atoms with Crippen LogP contribution in [0.3, 0.4) is 0 Å². The standard InChI is InChI=1S/C17H15N5O3/c18-16-14(22(23)24)11-20-17(21-16)19-10-12-6-4-5-9-15(12)25-13-7-2-1-3-8-13/h1-9,11H,10H2,(H3,18,19,20,21). The van der Waals surface area contributed by atoms with Gasteiger partial charge in [-0.05, 0) is 18.2 Å². The molecular formula is C17H15N5O3. The number of aromatic nitrogens is 2. The molecule has 0 spiro atoms. The predicted molar refractivity (Wildman–Crippen MR) is 93.4 cm³/mol. The summed E-state index contributed by atoms with van der Waals surface area (Å²) in [5.41, 5.74) is 6.13. The molecule has 8 heteroatoms. The van der Waals surface area contributed by atoms with Crippen molar-refractivity contribution in [1.29, 1.82) is 0 Å². The summed E-state index contributed by atoms with van der Waals surface area (Å²) < 4.78 is 5.88. The van der Waals surface area contributed by atoms with Gasteiger partial charge in [-0.2, -0.15) is 4.98 Å². The normalized spacial score (nSPS) is 10.2. The number of nitrogens with zero attached hydrogens (tertiary/aromatic N) is 3. The summed E-state index contributed by atoms with van der Waals surface area (Å²) in [5, 5.41) is 13.7. The maximum Gasteiger partial charge on any atom is 0.329 e. The summed E-state index contributed by atoms with van der Waals surface area (Å²) in [6.07, 6.45) is 1.08. The second kappa shape index (κ2) is 7.26. The average Bonchev–Trinajstić information content (AvgIpc) is 2.61. The Morgan fingerprint density at radius 3 is 2.56 bits per heavy atom. The second-order valence-electron chi connectivity index (χ2n) is 5.10. The topological polar surface area (TPSA) is 116 Å². The molecule has 0 atom stereocenters. The van der Waals surface area contributed by atoms with E-state index in [1.165, 1.54) is 0 Å². The summed E-state index contributed by atoms with van der Waals surface area (Å²) in [7, 11) is 0. The Labute approximate surface area is 143 Å². The van der Waals surface area contributed by atoms with Gasteiger partial charge in [-0.15, -0.1) is 0 Å². The first kappa shape index (κ1) is 16.2. The third kappa shape index (κ3) is 3.99. The van der Waals surface area contributed by atoms with Crippen LogP contribution in [0.5, 0.6) is 11.5 Å². The molecule has 0 unspecified atom stereocenters. The van der Waals surface area contributed by atoms with Crippen molar-refractivity contribution >= 4 is 17.5 Å². The Kier molecular flexibility index (Phi) is 4.70. The molecule has 1 heterocycles. The molecular weight excluding hydrogens is 322 g/mol. The first-order chi connectivity index (χ1) is 12.1. The van der Waals surface area contributed by atoms with Crippen molar-refractivity contribution in [1.82, 2.24) is 9.97 Å². The summed E-state index contributed by atoms with van der Waals surface area (Å²) in [4.78, 5) is 17.9. The van der Waals surface area contributed by atoms with Crippen molar-refractivity contribution in [3.63, 3.8) is 0 Å². The molecule has 0 amide bonds. The van der Waals surface area contributed by atoms with Crippen LogP contribution in [0.15, 0.2) is 60.8 Å². The Morgan fingerprint density at radius 1 is 1.12 bits per heavy atom. The van der Waals surface area contributed by atoms with Gasteiger partial charge >= 0.3 is 5.69 Å². The zero-order chi connectivity index (χ0) is 17.6. The number of ether oxygens (including phenoxy) is 1. The number of nitrogens with two attached hydrogens (primary N) is 1. The molecule has 0 bridgehead atoms. The first-order valence-electron chi connectivity index (χ1n) is 7.45. The fourth-order valence-corrected chi connectivity index (χ4v) is 2.15. The predicted octanol–water partition coefficient (Wildman–Crippen LogP) is 3.37. The Bertz CT molecular complexity index is 886. The average molecular weight is 337 g/mol. The van der Waals surface area contributed by atoms with E-state index in [1.807, 2.05) is 54.6 Å². The van der Waals surface area contributed by atoms with Crippen LogP contribution in [-0.4, -0.2) is 14.9 Å². The molecule has 126 valence electrons. The number of hydrogen-bond donors (Lipinski definition) is 2. The number of benzene rings is 2. The largest absolute Gasteiger partial charge is 0.457 e. The lowest BCUT2D eigenvalue weighted by Crippen LogP contribution is -2.07. The Balaban J connectivity index is 1.73. The van der Waals surface area contributed by atoms with Crippen molar-refractivity contribution < 1.29 is 9.66 Å². The van der Waals surface area contributed by atoms with E-state index in [-0.39, 0.29) is 17.5 Å². The Hall–Kier alpha value is -3.68. The minimum Gasteiger partial charge on any atom is -0.457 e. The van der Waals surface area contributed by atoms with Gasteiger partial charge in [0.25, 0.3) is 0 Å². The van der Waals surface area contributed by atoms with Gasteiger partial charge in [0.15, 0.2) is 0 Å². The zero-order valence-electron chi connectivity index (χ0n) is 13.1. The van der Waals surface area contributed by atoms with Crippen molar-refractivity contribution in [3.05, 3.63) is 76.5 Å². The van der Waals surface area contributed by atoms with Gasteiger partial charge in [0.05, 0.1) is 4.92 Å². The molecule has 3 N–H and O–H groups in total. The molecule has 3 rings (SSSR count). The van der Waals surface area contributed by atoms with Gasteiger partial charge in [0.1, 0.15) is 17.7 Å². The molecule has 0 saturated heterocycles. The highest BCUT2D eigenvalue weighted by Gasteiger charge is 2.14. The van der Waals surface area contributed by atoms with E-state index in [2.05, 4.69) is 15.3 Å². The van der Waals surface area contributed by atoms with Crippen LogP contribution in [0.25, 0.3) is 0 Å². The van der Waals surface area contributed by atoms with Gasteiger partial charge in [-0.25, -0.2) is 4.98 Å². The van der Waals surface area contributed by atoms with Crippen LogP contribution in [0.4, 0.5) is 17.5 Å². The summed E-state index contributed by atoms with van der Waals surface area (Å²) in [6.45, 7) is 0.375. The molecule has 0 saturated carbocycles. The van der Waals surface area contributed by atoms with E-state index >= 15 is 0 Å². The van der Waals surface area contributed by atoms with Gasteiger partial charge < -0.3 is 15.8 Å². The lowest BCUT2D eigenvalue weighted by atomic mass is 10.2. The molecule has 8 nitrogen and oxygen atoms in total. The lowest BCUT2D eigenvalue weighted by molar-refractivity contribution is -0.384. The van der Waals surface area contributed by atoms with E-state index in [9.17, 15) is 10.1 Å². The molecule has 1 aromatic heterocycles. The molecule has 2 aromatic carbocycles. The fourth-order valence-electron chi connectivity index (χ4n) is 2.15. The quantitative estimate of drug-likeness (QED) is 0.523. The third-order valence-corrected chi connectivity index (χ3v) is 3.38. The number of rotatable bonds is 6. The fraction of sp³-hybridized carbons (Fsp3) is 0.0588. The van der Waals surface area contributed by atoms with Gasteiger partial charge in [0, 0.05) is 12.1 Å². The summed E-state index contributed by atoms with van der Waals surface area (Å²) in [6, 6.07) is 17.0. The molecule has 0 radical (unpaired) electrons. The molecule has 0 fully saturated rings. The van der Waals surface area contributed by atoms with Crippen molar-refractivity contribution in [3.8, 4) is 11.5 Å². The smallest absolute Gasteiger partial charge is 0.329 e. The van der Waals surface area contributed by atoms with Crippen LogP contribution in [-0.2, 0) is 6.54 Å².